The Morgan fingerprint density at radius 3 is 2.71 bits per heavy atom. The van der Waals surface area contributed by atoms with E-state index in [2.05, 4.69) is 5.32 Å². The van der Waals surface area contributed by atoms with Crippen LogP contribution in [-0.2, 0) is 4.74 Å². The van der Waals surface area contributed by atoms with Crippen molar-refractivity contribution in [1.82, 2.24) is 5.32 Å². The van der Waals surface area contributed by atoms with Crippen molar-refractivity contribution in [3.05, 3.63) is 35.9 Å². The van der Waals surface area contributed by atoms with Crippen LogP contribution in [0.1, 0.15) is 11.7 Å². The van der Waals surface area contributed by atoms with Crippen LogP contribution >= 0.6 is 0 Å². The lowest BCUT2D eigenvalue weighted by atomic mass is 10.0. The molecule has 1 saturated heterocycles. The summed E-state index contributed by atoms with van der Waals surface area (Å²) < 4.78 is 5.04. The average molecular weight is 193 g/mol. The van der Waals surface area contributed by atoms with E-state index in [1.54, 1.807) is 0 Å². The summed E-state index contributed by atoms with van der Waals surface area (Å²) in [5.74, 6) is 0. The van der Waals surface area contributed by atoms with Crippen molar-refractivity contribution in [1.29, 1.82) is 0 Å². The van der Waals surface area contributed by atoms with Gasteiger partial charge in [0.05, 0.1) is 12.6 Å². The summed E-state index contributed by atoms with van der Waals surface area (Å²) >= 11 is 0. The third-order valence-electron chi connectivity index (χ3n) is 2.23. The van der Waals surface area contributed by atoms with Crippen LogP contribution in [0.5, 0.6) is 0 Å². The van der Waals surface area contributed by atoms with Gasteiger partial charge in [-0.1, -0.05) is 30.3 Å². The fraction of sp³-hybridized carbons (Fsp3) is 0.300. The quantitative estimate of drug-likeness (QED) is 0.731. The number of nitrogens with one attached hydrogen (secondary N) is 1. The molecular formula is C10H11NO3. The van der Waals surface area contributed by atoms with Gasteiger partial charge in [-0.3, -0.25) is 0 Å². The Labute approximate surface area is 81.5 Å². The zero-order valence-corrected chi connectivity index (χ0v) is 7.51. The number of aliphatic hydroxyl groups is 1. The molecule has 0 aliphatic carbocycles. The molecule has 0 aromatic heterocycles. The molecule has 0 bridgehead atoms. The van der Waals surface area contributed by atoms with Crippen molar-refractivity contribution in [3.8, 4) is 0 Å². The van der Waals surface area contributed by atoms with Gasteiger partial charge in [-0.2, -0.15) is 0 Å². The van der Waals surface area contributed by atoms with Gasteiger partial charge in [-0.15, -0.1) is 0 Å². The number of carbonyl (C=O) groups is 1. The summed E-state index contributed by atoms with van der Waals surface area (Å²) in [7, 11) is 0. The fourth-order valence-electron chi connectivity index (χ4n) is 1.54. The Hall–Kier alpha value is -1.55. The van der Waals surface area contributed by atoms with Crippen LogP contribution in [0.15, 0.2) is 30.3 Å². The van der Waals surface area contributed by atoms with Crippen molar-refractivity contribution < 1.29 is 14.6 Å². The highest BCUT2D eigenvalue weighted by molar-refractivity contribution is 5.70. The third kappa shape index (κ3) is 1.56. The molecule has 1 aromatic rings. The second-order valence-corrected chi connectivity index (χ2v) is 3.17. The van der Waals surface area contributed by atoms with Crippen LogP contribution in [0, 0.1) is 0 Å². The largest absolute Gasteiger partial charge is 0.439 e. The third-order valence-corrected chi connectivity index (χ3v) is 2.23. The monoisotopic (exact) mass is 193 g/mol. The summed E-state index contributed by atoms with van der Waals surface area (Å²) in [5.41, 5.74) is 0.893. The van der Waals surface area contributed by atoms with Crippen molar-refractivity contribution in [2.75, 3.05) is 6.61 Å². The van der Waals surface area contributed by atoms with E-state index in [9.17, 15) is 4.79 Å². The van der Waals surface area contributed by atoms with E-state index in [1.165, 1.54) is 0 Å². The molecule has 2 N–H and O–H groups in total. The predicted octanol–water partition coefficient (Wildman–Crippen LogP) is 0.828. The lowest BCUT2D eigenvalue weighted by Crippen LogP contribution is -2.31. The number of rotatable bonds is 2. The van der Waals surface area contributed by atoms with Crippen molar-refractivity contribution in [2.24, 2.45) is 0 Å². The zero-order valence-electron chi connectivity index (χ0n) is 7.51. The number of hydrogen-bond donors (Lipinski definition) is 2. The minimum Gasteiger partial charge on any atom is -0.439 e. The van der Waals surface area contributed by atoms with Gasteiger partial charge in [-0.25, -0.2) is 4.79 Å². The molecule has 1 amide bonds. The molecule has 14 heavy (non-hydrogen) atoms. The summed E-state index contributed by atoms with van der Waals surface area (Å²) in [6, 6.07) is 9.03. The van der Waals surface area contributed by atoms with Gasteiger partial charge in [0.2, 0.25) is 0 Å². The normalized spacial score (nSPS) is 25.6. The summed E-state index contributed by atoms with van der Waals surface area (Å²) in [6.45, 7) is -0.120. The molecule has 1 aliphatic rings. The summed E-state index contributed by atoms with van der Waals surface area (Å²) in [6.07, 6.45) is -0.855. The highest BCUT2D eigenvalue weighted by Gasteiger charge is 2.34. The Morgan fingerprint density at radius 2 is 2.07 bits per heavy atom. The molecule has 0 radical (unpaired) electrons. The van der Waals surface area contributed by atoms with E-state index in [-0.39, 0.29) is 18.8 Å². The molecule has 1 fully saturated rings. The summed E-state index contributed by atoms with van der Waals surface area (Å²) in [5, 5.41) is 11.6. The smallest absolute Gasteiger partial charge is 0.408 e. The SMILES string of the molecule is O=C1N[C@@H](CO)[C@@H](c2ccccc2)O1. The van der Waals surface area contributed by atoms with Crippen molar-refractivity contribution >= 4 is 6.09 Å². The Bertz CT molecular complexity index is 325. The van der Waals surface area contributed by atoms with Crippen LogP contribution in [-0.4, -0.2) is 23.8 Å². The first-order valence-corrected chi connectivity index (χ1v) is 4.44. The zero-order chi connectivity index (χ0) is 9.97. The number of cyclic esters (lactones) is 1. The maximum atomic E-state index is 11.0. The van der Waals surface area contributed by atoms with Gasteiger partial charge in [0.1, 0.15) is 0 Å². The van der Waals surface area contributed by atoms with Crippen LogP contribution in [0.4, 0.5) is 4.79 Å². The topological polar surface area (TPSA) is 58.6 Å². The van der Waals surface area contributed by atoms with Crippen LogP contribution < -0.4 is 5.32 Å². The molecule has 0 saturated carbocycles. The van der Waals surface area contributed by atoms with E-state index in [4.69, 9.17) is 9.84 Å². The number of aliphatic hydroxyl groups excluding tert-OH is 1. The first kappa shape index (κ1) is 9.02. The number of carbonyl (C=O) groups excluding carboxylic acids is 1. The molecule has 1 aromatic carbocycles. The fourth-order valence-corrected chi connectivity index (χ4v) is 1.54. The van der Waals surface area contributed by atoms with E-state index in [0.29, 0.717) is 0 Å². The number of benzene rings is 1. The highest BCUT2D eigenvalue weighted by Crippen LogP contribution is 2.25. The molecule has 2 rings (SSSR count). The number of hydrogen-bond acceptors (Lipinski definition) is 3. The number of ether oxygens (including phenoxy) is 1. The van der Waals surface area contributed by atoms with Gasteiger partial charge in [-0.05, 0) is 5.56 Å². The maximum absolute atomic E-state index is 11.0. The Morgan fingerprint density at radius 1 is 1.36 bits per heavy atom. The summed E-state index contributed by atoms with van der Waals surface area (Å²) in [4.78, 5) is 11.0. The van der Waals surface area contributed by atoms with E-state index < -0.39 is 6.09 Å². The number of amides is 1. The van der Waals surface area contributed by atoms with Crippen molar-refractivity contribution in [2.45, 2.75) is 12.1 Å². The Balaban J connectivity index is 2.22. The van der Waals surface area contributed by atoms with Gasteiger partial charge < -0.3 is 15.2 Å². The lowest BCUT2D eigenvalue weighted by Gasteiger charge is -2.14. The first-order chi connectivity index (χ1) is 6.81. The van der Waals surface area contributed by atoms with Crippen LogP contribution in [0.25, 0.3) is 0 Å². The second-order valence-electron chi connectivity index (χ2n) is 3.17. The van der Waals surface area contributed by atoms with E-state index >= 15 is 0 Å². The van der Waals surface area contributed by atoms with E-state index in [0.717, 1.165) is 5.56 Å². The highest BCUT2D eigenvalue weighted by atomic mass is 16.6. The van der Waals surface area contributed by atoms with Gasteiger partial charge in [0.15, 0.2) is 6.10 Å². The molecule has 4 nitrogen and oxygen atoms in total. The molecule has 1 heterocycles. The standard InChI is InChI=1S/C10H11NO3/c12-6-8-9(14-10(13)11-8)7-4-2-1-3-5-7/h1-5,8-9,12H,6H2,(H,11,13)/t8-,9+/m0/s1. The average Bonchev–Trinajstić information content (AvgIpc) is 2.61. The minimum absolute atomic E-state index is 0.120. The molecule has 74 valence electrons. The lowest BCUT2D eigenvalue weighted by molar-refractivity contribution is 0.119. The van der Waals surface area contributed by atoms with Gasteiger partial charge in [0.25, 0.3) is 0 Å². The first-order valence-electron chi connectivity index (χ1n) is 4.44. The van der Waals surface area contributed by atoms with E-state index in [1.807, 2.05) is 30.3 Å². The molecular weight excluding hydrogens is 182 g/mol. The molecule has 4 heteroatoms. The second kappa shape index (κ2) is 3.67. The van der Waals surface area contributed by atoms with Gasteiger partial charge in [0, 0.05) is 0 Å². The van der Waals surface area contributed by atoms with Crippen LogP contribution in [0.3, 0.4) is 0 Å². The molecule has 0 unspecified atom stereocenters. The van der Waals surface area contributed by atoms with Gasteiger partial charge >= 0.3 is 6.09 Å². The molecule has 2 atom stereocenters. The molecule has 0 spiro atoms. The van der Waals surface area contributed by atoms with Crippen LogP contribution in [0.2, 0.25) is 0 Å². The molecule has 1 aliphatic heterocycles. The number of alkyl carbamates (subject to hydrolysis) is 1. The minimum atomic E-state index is -0.474. The maximum Gasteiger partial charge on any atom is 0.408 e. The predicted molar refractivity (Wildman–Crippen MR) is 49.7 cm³/mol. The van der Waals surface area contributed by atoms with Crippen molar-refractivity contribution in [3.63, 3.8) is 0 Å². The Kier molecular flexibility index (Phi) is 2.37.